The molecule has 1 aromatic heterocycles. The standard InChI is InChI=1S/C19H23N3O2/c1-3-15-13(2)21-16-10-7-11-17(18(15)16)22-24-19(23)20-12-14-8-5-4-6-9-14/h4-6,8-9,21H,3,7,10-12H2,1-2H3,(H,20,23)/b22-17+. The first-order valence-corrected chi connectivity index (χ1v) is 8.45. The maximum Gasteiger partial charge on any atom is 0.433 e. The fourth-order valence-electron chi connectivity index (χ4n) is 3.26. The lowest BCUT2D eigenvalue weighted by Gasteiger charge is -2.15. The molecule has 1 amide bonds. The number of rotatable bonds is 4. The van der Waals surface area contributed by atoms with Crippen LogP contribution in [0.1, 0.15) is 47.8 Å². The van der Waals surface area contributed by atoms with Crippen molar-refractivity contribution in [2.45, 2.75) is 46.1 Å². The van der Waals surface area contributed by atoms with Gasteiger partial charge in [0.05, 0.1) is 5.71 Å². The zero-order chi connectivity index (χ0) is 16.9. The van der Waals surface area contributed by atoms with Gasteiger partial charge in [0.1, 0.15) is 0 Å². The van der Waals surface area contributed by atoms with Crippen LogP contribution in [0.25, 0.3) is 0 Å². The highest BCUT2D eigenvalue weighted by atomic mass is 16.7. The van der Waals surface area contributed by atoms with Crippen molar-refractivity contribution < 1.29 is 9.63 Å². The van der Waals surface area contributed by atoms with Gasteiger partial charge in [0.2, 0.25) is 0 Å². The number of aryl methyl sites for hydroxylation is 2. The Bertz CT molecular complexity index is 747. The second-order valence-electron chi connectivity index (χ2n) is 6.05. The van der Waals surface area contributed by atoms with Crippen molar-refractivity contribution in [3.05, 3.63) is 58.4 Å². The number of hydrogen-bond donors (Lipinski definition) is 2. The van der Waals surface area contributed by atoms with E-state index in [2.05, 4.69) is 29.3 Å². The number of carbonyl (C=O) groups is 1. The van der Waals surface area contributed by atoms with Gasteiger partial charge in [0.15, 0.2) is 0 Å². The van der Waals surface area contributed by atoms with Gasteiger partial charge in [-0.15, -0.1) is 0 Å². The first kappa shape index (κ1) is 16.3. The summed E-state index contributed by atoms with van der Waals surface area (Å²) in [7, 11) is 0. The molecule has 0 saturated heterocycles. The quantitative estimate of drug-likeness (QED) is 0.662. The molecule has 5 nitrogen and oxygen atoms in total. The van der Waals surface area contributed by atoms with Crippen LogP contribution in [0.2, 0.25) is 0 Å². The van der Waals surface area contributed by atoms with E-state index in [0.717, 1.165) is 42.5 Å². The monoisotopic (exact) mass is 325 g/mol. The summed E-state index contributed by atoms with van der Waals surface area (Å²) in [6.07, 6.45) is 3.29. The number of aromatic nitrogens is 1. The highest BCUT2D eigenvalue weighted by molar-refractivity contribution is 6.04. The number of nitrogens with zero attached hydrogens (tertiary/aromatic N) is 1. The van der Waals surface area contributed by atoms with E-state index in [-0.39, 0.29) is 0 Å². The van der Waals surface area contributed by atoms with Crippen LogP contribution in [0, 0.1) is 6.92 Å². The topological polar surface area (TPSA) is 66.5 Å². The van der Waals surface area contributed by atoms with Crippen LogP contribution >= 0.6 is 0 Å². The van der Waals surface area contributed by atoms with Crippen molar-refractivity contribution in [2.75, 3.05) is 0 Å². The van der Waals surface area contributed by atoms with Gasteiger partial charge in [-0.3, -0.25) is 4.84 Å². The molecule has 1 aliphatic rings. The van der Waals surface area contributed by atoms with Crippen LogP contribution in [0.3, 0.4) is 0 Å². The first-order valence-electron chi connectivity index (χ1n) is 8.45. The normalized spacial score (nSPS) is 15.2. The number of H-pyrrole nitrogens is 1. The lowest BCUT2D eigenvalue weighted by molar-refractivity contribution is 0.150. The Hall–Kier alpha value is -2.56. The average Bonchev–Trinajstić information content (AvgIpc) is 2.94. The van der Waals surface area contributed by atoms with Crippen LogP contribution in [-0.4, -0.2) is 16.8 Å². The van der Waals surface area contributed by atoms with Gasteiger partial charge in [-0.25, -0.2) is 4.79 Å². The molecular weight excluding hydrogens is 302 g/mol. The molecule has 0 aliphatic heterocycles. The molecule has 1 aliphatic carbocycles. The highest BCUT2D eigenvalue weighted by Gasteiger charge is 2.23. The number of hydrogen-bond acceptors (Lipinski definition) is 3. The minimum absolute atomic E-state index is 0.430. The van der Waals surface area contributed by atoms with Crippen molar-refractivity contribution in [3.8, 4) is 0 Å². The van der Waals surface area contributed by atoms with E-state index >= 15 is 0 Å². The van der Waals surface area contributed by atoms with Gasteiger partial charge in [-0.1, -0.05) is 42.4 Å². The second kappa shape index (κ2) is 7.34. The summed E-state index contributed by atoms with van der Waals surface area (Å²) in [5, 5.41) is 6.86. The highest BCUT2D eigenvalue weighted by Crippen LogP contribution is 2.27. The van der Waals surface area contributed by atoms with Crippen molar-refractivity contribution in [1.29, 1.82) is 0 Å². The Morgan fingerprint density at radius 2 is 2.08 bits per heavy atom. The molecule has 0 fully saturated rings. The molecule has 0 saturated carbocycles. The zero-order valence-corrected chi connectivity index (χ0v) is 14.2. The Balaban J connectivity index is 1.66. The lowest BCUT2D eigenvalue weighted by Crippen LogP contribution is -2.23. The summed E-state index contributed by atoms with van der Waals surface area (Å²) in [6.45, 7) is 4.65. The van der Waals surface area contributed by atoms with E-state index in [4.69, 9.17) is 4.84 Å². The molecule has 126 valence electrons. The Kier molecular flexibility index (Phi) is 4.99. The van der Waals surface area contributed by atoms with Crippen molar-refractivity contribution in [1.82, 2.24) is 10.3 Å². The SMILES string of the molecule is CCc1c(C)[nH]c2c1/C(=N/OC(=O)NCc1ccccc1)CCC2. The van der Waals surface area contributed by atoms with Gasteiger partial charge in [0.25, 0.3) is 0 Å². The number of fused-ring (bicyclic) bond motifs is 1. The van der Waals surface area contributed by atoms with E-state index in [1.54, 1.807) is 0 Å². The van der Waals surface area contributed by atoms with E-state index in [0.29, 0.717) is 6.54 Å². The molecule has 0 radical (unpaired) electrons. The van der Waals surface area contributed by atoms with E-state index in [1.807, 2.05) is 30.3 Å². The van der Waals surface area contributed by atoms with E-state index in [9.17, 15) is 4.79 Å². The molecule has 0 atom stereocenters. The van der Waals surface area contributed by atoms with Gasteiger partial charge in [-0.05, 0) is 43.7 Å². The molecule has 2 N–H and O–H groups in total. The smallest absolute Gasteiger partial charge is 0.362 e. The van der Waals surface area contributed by atoms with Crippen LogP contribution in [0.4, 0.5) is 4.79 Å². The Labute approximate surface area is 142 Å². The minimum atomic E-state index is -0.524. The van der Waals surface area contributed by atoms with Gasteiger partial charge >= 0.3 is 6.09 Å². The summed E-state index contributed by atoms with van der Waals surface area (Å²) in [6, 6.07) is 9.73. The zero-order valence-electron chi connectivity index (χ0n) is 14.2. The molecule has 1 aromatic carbocycles. The number of oxime groups is 1. The van der Waals surface area contributed by atoms with Crippen molar-refractivity contribution in [2.24, 2.45) is 5.16 Å². The molecule has 3 rings (SSSR count). The number of carbonyl (C=O) groups excluding carboxylic acids is 1. The van der Waals surface area contributed by atoms with Crippen LogP contribution in [0.5, 0.6) is 0 Å². The fraction of sp³-hybridized carbons (Fsp3) is 0.368. The predicted octanol–water partition coefficient (Wildman–Crippen LogP) is 3.85. The third-order valence-electron chi connectivity index (χ3n) is 4.40. The maximum absolute atomic E-state index is 11.9. The van der Waals surface area contributed by atoms with Gasteiger partial charge in [0, 0.05) is 23.5 Å². The van der Waals surface area contributed by atoms with Crippen LogP contribution in [-0.2, 0) is 24.2 Å². The Morgan fingerprint density at radius 1 is 1.29 bits per heavy atom. The second-order valence-corrected chi connectivity index (χ2v) is 6.05. The molecule has 1 heterocycles. The maximum atomic E-state index is 11.9. The van der Waals surface area contributed by atoms with Crippen molar-refractivity contribution >= 4 is 11.8 Å². The van der Waals surface area contributed by atoms with Crippen LogP contribution in [0.15, 0.2) is 35.5 Å². The molecule has 2 aromatic rings. The molecule has 0 unspecified atom stereocenters. The molecular formula is C19H23N3O2. The number of benzene rings is 1. The fourth-order valence-corrected chi connectivity index (χ4v) is 3.26. The number of aromatic amines is 1. The average molecular weight is 325 g/mol. The van der Waals surface area contributed by atoms with Gasteiger partial charge < -0.3 is 10.3 Å². The van der Waals surface area contributed by atoms with E-state index in [1.165, 1.54) is 17.0 Å². The number of amides is 1. The summed E-state index contributed by atoms with van der Waals surface area (Å²) < 4.78 is 0. The lowest BCUT2D eigenvalue weighted by atomic mass is 9.92. The summed E-state index contributed by atoms with van der Waals surface area (Å²) >= 11 is 0. The molecule has 0 spiro atoms. The predicted molar refractivity (Wildman–Crippen MR) is 94.1 cm³/mol. The third-order valence-corrected chi connectivity index (χ3v) is 4.40. The number of nitrogens with one attached hydrogen (secondary N) is 2. The molecule has 5 heteroatoms. The summed E-state index contributed by atoms with van der Waals surface area (Å²) in [5.74, 6) is 0. The summed E-state index contributed by atoms with van der Waals surface area (Å²) in [5.41, 5.74) is 6.71. The molecule has 0 bridgehead atoms. The summed E-state index contributed by atoms with van der Waals surface area (Å²) in [4.78, 5) is 20.4. The van der Waals surface area contributed by atoms with Crippen molar-refractivity contribution in [3.63, 3.8) is 0 Å². The first-order chi connectivity index (χ1) is 11.7. The largest absolute Gasteiger partial charge is 0.433 e. The van der Waals surface area contributed by atoms with Crippen LogP contribution < -0.4 is 5.32 Å². The van der Waals surface area contributed by atoms with Gasteiger partial charge in [-0.2, -0.15) is 0 Å². The third kappa shape index (κ3) is 3.50. The molecule has 24 heavy (non-hydrogen) atoms. The Morgan fingerprint density at radius 3 is 2.83 bits per heavy atom. The minimum Gasteiger partial charge on any atom is -0.362 e. The van der Waals surface area contributed by atoms with E-state index < -0.39 is 6.09 Å².